The number of carbonyl (C=O) groups is 1. The van der Waals surface area contributed by atoms with E-state index in [1.807, 2.05) is 4.90 Å². The van der Waals surface area contributed by atoms with Crippen molar-refractivity contribution < 1.29 is 26.7 Å². The van der Waals surface area contributed by atoms with Crippen LogP contribution in [0.4, 0.5) is 33.5 Å². The SMILES string of the molecule is CC(C)(C)C1CCC(N2CCN(c3ccc(F)cn3)CC2)C1.CCC(C)(C)C1CCC(N2CCN(c3ccc(C(=O)NCC(F)(F)F)nc3F)CC2)C1. The second-order valence-electron chi connectivity index (χ2n) is 17.2. The van der Waals surface area contributed by atoms with Gasteiger partial charge in [-0.3, -0.25) is 14.6 Å². The number of aromatic nitrogens is 2. The lowest BCUT2D eigenvalue weighted by Crippen LogP contribution is -2.50. The summed E-state index contributed by atoms with van der Waals surface area (Å²) in [6, 6.07) is 7.31. The van der Waals surface area contributed by atoms with Gasteiger partial charge in [0.2, 0.25) is 5.95 Å². The van der Waals surface area contributed by atoms with E-state index in [2.05, 4.69) is 66.2 Å². The highest BCUT2D eigenvalue weighted by Gasteiger charge is 2.39. The Hall–Kier alpha value is -3.06. The van der Waals surface area contributed by atoms with Crippen molar-refractivity contribution in [2.24, 2.45) is 22.7 Å². The number of rotatable bonds is 8. The van der Waals surface area contributed by atoms with Crippen molar-refractivity contribution in [2.45, 2.75) is 105 Å². The van der Waals surface area contributed by atoms with Crippen LogP contribution in [-0.4, -0.2) is 103 Å². The molecule has 4 fully saturated rings. The average molecular weight is 750 g/mol. The van der Waals surface area contributed by atoms with Gasteiger partial charge in [0.05, 0.1) is 11.9 Å². The highest BCUT2D eigenvalue weighted by Crippen LogP contribution is 2.44. The fraction of sp³-hybridized carbons (Fsp3) is 0.725. The first kappa shape index (κ1) is 41.1. The van der Waals surface area contributed by atoms with Crippen molar-refractivity contribution in [1.29, 1.82) is 0 Å². The molecule has 6 rings (SSSR count). The number of hydrogen-bond acceptors (Lipinski definition) is 7. The van der Waals surface area contributed by atoms with E-state index in [0.717, 1.165) is 63.0 Å². The molecule has 4 atom stereocenters. The van der Waals surface area contributed by atoms with Gasteiger partial charge in [-0.05, 0) is 85.5 Å². The zero-order valence-corrected chi connectivity index (χ0v) is 32.5. The molecule has 4 aliphatic rings. The van der Waals surface area contributed by atoms with Crippen molar-refractivity contribution in [2.75, 3.05) is 68.7 Å². The zero-order valence-electron chi connectivity index (χ0n) is 32.5. The van der Waals surface area contributed by atoms with Crippen molar-refractivity contribution in [3.63, 3.8) is 0 Å². The fourth-order valence-corrected chi connectivity index (χ4v) is 8.62. The van der Waals surface area contributed by atoms with Gasteiger partial charge in [0, 0.05) is 64.4 Å². The van der Waals surface area contributed by atoms with Crippen molar-refractivity contribution in [1.82, 2.24) is 25.1 Å². The van der Waals surface area contributed by atoms with Gasteiger partial charge in [-0.2, -0.15) is 17.6 Å². The van der Waals surface area contributed by atoms with E-state index in [9.17, 15) is 26.7 Å². The van der Waals surface area contributed by atoms with E-state index < -0.39 is 24.6 Å². The Kier molecular flexibility index (Phi) is 13.3. The molecule has 2 saturated carbocycles. The lowest BCUT2D eigenvalue weighted by Gasteiger charge is -2.39. The number of halogens is 5. The molecular formula is C40H60F5N7O. The summed E-state index contributed by atoms with van der Waals surface area (Å²) in [6.07, 6.45) is 5.68. The van der Waals surface area contributed by atoms with E-state index in [-0.39, 0.29) is 17.2 Å². The molecule has 2 saturated heterocycles. The van der Waals surface area contributed by atoms with Crippen molar-refractivity contribution >= 4 is 17.4 Å². The number of alkyl halides is 3. The summed E-state index contributed by atoms with van der Waals surface area (Å²) in [5, 5.41) is 1.71. The van der Waals surface area contributed by atoms with E-state index in [1.54, 1.807) is 11.4 Å². The minimum absolute atomic E-state index is 0.262. The number of pyridine rings is 2. The molecule has 1 N–H and O–H groups in total. The summed E-state index contributed by atoms with van der Waals surface area (Å²) in [6.45, 7) is 19.7. The van der Waals surface area contributed by atoms with E-state index in [4.69, 9.17) is 0 Å². The third-order valence-electron chi connectivity index (χ3n) is 12.6. The maximum Gasteiger partial charge on any atom is 0.405 e. The summed E-state index contributed by atoms with van der Waals surface area (Å²) >= 11 is 0. The molecule has 8 nitrogen and oxygen atoms in total. The Morgan fingerprint density at radius 3 is 1.83 bits per heavy atom. The average Bonchev–Trinajstić information content (AvgIpc) is 3.83. The summed E-state index contributed by atoms with van der Waals surface area (Å²) in [4.78, 5) is 28.9. The van der Waals surface area contributed by atoms with Gasteiger partial charge in [-0.25, -0.2) is 14.4 Å². The van der Waals surface area contributed by atoms with Gasteiger partial charge in [-0.15, -0.1) is 0 Å². The second-order valence-corrected chi connectivity index (χ2v) is 17.2. The molecule has 296 valence electrons. The van der Waals surface area contributed by atoms with Crippen LogP contribution in [0.5, 0.6) is 0 Å². The normalized spacial score (nSPS) is 25.0. The van der Waals surface area contributed by atoms with Crippen LogP contribution in [0.2, 0.25) is 0 Å². The van der Waals surface area contributed by atoms with Gasteiger partial charge >= 0.3 is 6.18 Å². The maximum atomic E-state index is 14.5. The smallest absolute Gasteiger partial charge is 0.365 e. The molecule has 2 aliphatic carbocycles. The molecule has 53 heavy (non-hydrogen) atoms. The number of amides is 1. The molecule has 0 radical (unpaired) electrons. The number of nitrogens with one attached hydrogen (secondary N) is 1. The summed E-state index contributed by atoms with van der Waals surface area (Å²) < 4.78 is 64.2. The predicted molar refractivity (Wildman–Crippen MR) is 200 cm³/mol. The standard InChI is InChI=1S/C22H32F4N4O.C18H28FN3/c1-4-21(2,3)15-5-6-16(13-15)29-9-11-30(12-10-29)18-8-7-17(28-19(18)23)20(31)27-14-22(24,25)26;1-18(2,3)14-4-6-16(12-14)21-8-10-22(11-9-21)17-7-5-15(19)13-20-17/h7-8,15-16H,4-6,9-14H2,1-3H3,(H,27,31);5,7,13-14,16H,4,6,8-12H2,1-3H3. The molecule has 0 aromatic carbocycles. The first-order chi connectivity index (χ1) is 24.9. The second kappa shape index (κ2) is 17.2. The quantitative estimate of drug-likeness (QED) is 0.218. The highest BCUT2D eigenvalue weighted by molar-refractivity contribution is 5.92. The molecule has 13 heteroatoms. The number of carbonyl (C=O) groups excluding carboxylic acids is 1. The fourth-order valence-electron chi connectivity index (χ4n) is 8.62. The molecule has 2 aliphatic heterocycles. The van der Waals surface area contributed by atoms with Crippen LogP contribution < -0.4 is 15.1 Å². The van der Waals surface area contributed by atoms with Crippen LogP contribution in [0.25, 0.3) is 0 Å². The first-order valence-corrected chi connectivity index (χ1v) is 19.5. The third kappa shape index (κ3) is 11.0. The summed E-state index contributed by atoms with van der Waals surface area (Å²) in [5.41, 5.74) is 0.719. The van der Waals surface area contributed by atoms with Gasteiger partial charge in [0.15, 0.2) is 0 Å². The Morgan fingerprint density at radius 2 is 1.34 bits per heavy atom. The summed E-state index contributed by atoms with van der Waals surface area (Å²) in [7, 11) is 0. The molecule has 0 bridgehead atoms. The zero-order chi connectivity index (χ0) is 38.6. The van der Waals surface area contributed by atoms with Crippen LogP contribution in [-0.2, 0) is 0 Å². The Morgan fingerprint density at radius 1 is 0.774 bits per heavy atom. The lowest BCUT2D eigenvalue weighted by atomic mass is 9.76. The van der Waals surface area contributed by atoms with Crippen LogP contribution in [0.3, 0.4) is 0 Å². The Balaban J connectivity index is 0.000000216. The molecule has 4 unspecified atom stereocenters. The van der Waals surface area contributed by atoms with Crippen molar-refractivity contribution in [3.05, 3.63) is 47.9 Å². The molecular weight excluding hydrogens is 689 g/mol. The number of hydrogen-bond donors (Lipinski definition) is 1. The van der Waals surface area contributed by atoms with Gasteiger partial charge in [-0.1, -0.05) is 48.0 Å². The molecule has 2 aromatic heterocycles. The van der Waals surface area contributed by atoms with Crippen LogP contribution in [0, 0.1) is 34.4 Å². The van der Waals surface area contributed by atoms with E-state index >= 15 is 0 Å². The highest BCUT2D eigenvalue weighted by atomic mass is 19.4. The van der Waals surface area contributed by atoms with Gasteiger partial charge < -0.3 is 15.1 Å². The Bertz CT molecular complexity index is 1480. The lowest BCUT2D eigenvalue weighted by molar-refractivity contribution is -0.123. The number of nitrogens with zero attached hydrogens (tertiary/aromatic N) is 6. The maximum absolute atomic E-state index is 14.5. The molecule has 0 spiro atoms. The van der Waals surface area contributed by atoms with E-state index in [0.29, 0.717) is 30.0 Å². The molecule has 4 heterocycles. The van der Waals surface area contributed by atoms with E-state index in [1.165, 1.54) is 69.3 Å². The predicted octanol–water partition coefficient (Wildman–Crippen LogP) is 7.80. The number of piperazine rings is 2. The summed E-state index contributed by atoms with van der Waals surface area (Å²) in [5.74, 6) is 0.353. The van der Waals surface area contributed by atoms with Gasteiger partial charge in [0.1, 0.15) is 23.9 Å². The molecule has 2 aromatic rings. The first-order valence-electron chi connectivity index (χ1n) is 19.5. The topological polar surface area (TPSA) is 67.8 Å². The van der Waals surface area contributed by atoms with Crippen LogP contribution in [0.15, 0.2) is 30.5 Å². The van der Waals surface area contributed by atoms with Crippen molar-refractivity contribution in [3.8, 4) is 0 Å². The minimum Gasteiger partial charge on any atom is -0.365 e. The Labute approximate surface area is 312 Å². The van der Waals surface area contributed by atoms with Gasteiger partial charge in [0.25, 0.3) is 5.91 Å². The van der Waals surface area contributed by atoms with Crippen LogP contribution >= 0.6 is 0 Å². The monoisotopic (exact) mass is 749 g/mol. The number of anilines is 2. The minimum atomic E-state index is -4.53. The third-order valence-corrected chi connectivity index (χ3v) is 12.6. The molecule has 1 amide bonds. The van der Waals surface area contributed by atoms with Crippen LogP contribution in [0.1, 0.15) is 97.0 Å². The largest absolute Gasteiger partial charge is 0.405 e.